The molecule has 3 aliphatic carbocycles. The van der Waals surface area contributed by atoms with Gasteiger partial charge in [0, 0.05) is 5.92 Å². The molecule has 0 saturated heterocycles. The Morgan fingerprint density at radius 1 is 1.11 bits per heavy atom. The first kappa shape index (κ1) is 12.4. The summed E-state index contributed by atoms with van der Waals surface area (Å²) in [5, 5.41) is 4.15. The van der Waals surface area contributed by atoms with Gasteiger partial charge in [0.2, 0.25) is 5.89 Å². The van der Waals surface area contributed by atoms with Crippen molar-refractivity contribution in [2.24, 2.45) is 17.6 Å². The third-order valence-electron chi connectivity index (χ3n) is 5.07. The number of hydrogen-bond donors (Lipinski definition) is 1. The van der Waals surface area contributed by atoms with Gasteiger partial charge in [0.1, 0.15) is 0 Å². The minimum Gasteiger partial charge on any atom is -0.339 e. The smallest absolute Gasteiger partial charge is 0.230 e. The first-order valence-corrected chi connectivity index (χ1v) is 6.91. The third kappa shape index (κ3) is 1.69. The summed E-state index contributed by atoms with van der Waals surface area (Å²) in [5.41, 5.74) is 6.05. The maximum atomic E-state index is 6.35. The summed E-state index contributed by atoms with van der Waals surface area (Å²) in [7, 11) is 0. The Kier molecular flexibility index (Phi) is 2.90. The molecule has 3 saturated carbocycles. The molecule has 3 aliphatic rings. The molecule has 0 spiro atoms. The van der Waals surface area contributed by atoms with E-state index in [4.69, 9.17) is 10.3 Å². The van der Waals surface area contributed by atoms with Crippen LogP contribution >= 0.6 is 12.4 Å². The zero-order chi connectivity index (χ0) is 11.5. The van der Waals surface area contributed by atoms with Gasteiger partial charge in [-0.05, 0) is 37.5 Å². The molecule has 18 heavy (non-hydrogen) atoms. The van der Waals surface area contributed by atoms with Gasteiger partial charge in [-0.15, -0.1) is 12.4 Å². The number of fused-ring (bicyclic) bond motifs is 1. The van der Waals surface area contributed by atoms with Crippen molar-refractivity contribution in [1.29, 1.82) is 0 Å². The molecule has 1 aromatic heterocycles. The van der Waals surface area contributed by atoms with Gasteiger partial charge in [-0.25, -0.2) is 0 Å². The summed E-state index contributed by atoms with van der Waals surface area (Å²) in [5.74, 6) is 3.86. The SMILES string of the molecule is Cl.NC1(c2noc(C3C4CCCC43)n2)CCCC1. The molecule has 1 aromatic rings. The molecule has 4 nitrogen and oxygen atoms in total. The van der Waals surface area contributed by atoms with E-state index in [-0.39, 0.29) is 17.9 Å². The molecule has 100 valence electrons. The van der Waals surface area contributed by atoms with E-state index in [1.54, 1.807) is 0 Å². The highest BCUT2D eigenvalue weighted by atomic mass is 35.5. The Bertz CT molecular complexity index is 431. The van der Waals surface area contributed by atoms with Crippen molar-refractivity contribution in [3.63, 3.8) is 0 Å². The number of rotatable bonds is 2. The largest absolute Gasteiger partial charge is 0.339 e. The van der Waals surface area contributed by atoms with Crippen LogP contribution in [0.5, 0.6) is 0 Å². The fraction of sp³-hybridized carbons (Fsp3) is 0.846. The lowest BCUT2D eigenvalue weighted by molar-refractivity contribution is 0.342. The van der Waals surface area contributed by atoms with Crippen molar-refractivity contribution >= 4 is 12.4 Å². The fourth-order valence-corrected chi connectivity index (χ4v) is 3.99. The molecular weight excluding hydrogens is 250 g/mol. The zero-order valence-electron chi connectivity index (χ0n) is 10.5. The quantitative estimate of drug-likeness (QED) is 0.897. The van der Waals surface area contributed by atoms with Crippen LogP contribution < -0.4 is 5.73 Å². The van der Waals surface area contributed by atoms with Crippen LogP contribution in [0.15, 0.2) is 4.52 Å². The molecule has 0 radical (unpaired) electrons. The lowest BCUT2D eigenvalue weighted by Crippen LogP contribution is -2.34. The first-order chi connectivity index (χ1) is 8.28. The minimum absolute atomic E-state index is 0. The maximum absolute atomic E-state index is 6.35. The molecule has 2 atom stereocenters. The average Bonchev–Trinajstić information content (AvgIpc) is 2.84. The van der Waals surface area contributed by atoms with E-state index in [1.807, 2.05) is 0 Å². The van der Waals surface area contributed by atoms with Crippen LogP contribution in [-0.4, -0.2) is 10.1 Å². The summed E-state index contributed by atoms with van der Waals surface area (Å²) in [4.78, 5) is 4.61. The van der Waals surface area contributed by atoms with Crippen molar-refractivity contribution in [2.75, 3.05) is 0 Å². The third-order valence-corrected chi connectivity index (χ3v) is 5.07. The molecule has 1 heterocycles. The van der Waals surface area contributed by atoms with Crippen molar-refractivity contribution < 1.29 is 4.52 Å². The average molecular weight is 270 g/mol. The Labute approximate surface area is 113 Å². The Hall–Kier alpha value is -0.610. The van der Waals surface area contributed by atoms with Crippen molar-refractivity contribution in [1.82, 2.24) is 10.1 Å². The molecule has 0 aliphatic heterocycles. The van der Waals surface area contributed by atoms with Gasteiger partial charge in [0.25, 0.3) is 0 Å². The molecule has 0 aromatic carbocycles. The highest BCUT2D eigenvalue weighted by Crippen LogP contribution is 2.62. The van der Waals surface area contributed by atoms with Gasteiger partial charge < -0.3 is 10.3 Å². The first-order valence-electron chi connectivity index (χ1n) is 6.91. The van der Waals surface area contributed by atoms with Gasteiger partial charge in [-0.3, -0.25) is 0 Å². The van der Waals surface area contributed by atoms with Crippen LogP contribution in [0, 0.1) is 11.8 Å². The second-order valence-corrected chi connectivity index (χ2v) is 6.10. The van der Waals surface area contributed by atoms with Gasteiger partial charge in [-0.1, -0.05) is 24.4 Å². The fourth-order valence-electron chi connectivity index (χ4n) is 3.99. The summed E-state index contributed by atoms with van der Waals surface area (Å²) >= 11 is 0. The van der Waals surface area contributed by atoms with Gasteiger partial charge in [-0.2, -0.15) is 4.98 Å². The summed E-state index contributed by atoms with van der Waals surface area (Å²) in [6.07, 6.45) is 8.46. The van der Waals surface area contributed by atoms with Crippen molar-refractivity contribution in [2.45, 2.75) is 56.4 Å². The van der Waals surface area contributed by atoms with Crippen LogP contribution in [0.25, 0.3) is 0 Å². The maximum Gasteiger partial charge on any atom is 0.230 e. The summed E-state index contributed by atoms with van der Waals surface area (Å²) in [6.45, 7) is 0. The lowest BCUT2D eigenvalue weighted by atomic mass is 9.98. The normalized spacial score (nSPS) is 36.2. The van der Waals surface area contributed by atoms with Crippen LogP contribution in [0.4, 0.5) is 0 Å². The van der Waals surface area contributed by atoms with Crippen LogP contribution in [0.2, 0.25) is 0 Å². The Balaban J connectivity index is 0.000001000. The molecular formula is C13H20ClN3O. The van der Waals surface area contributed by atoms with Gasteiger partial charge >= 0.3 is 0 Å². The predicted octanol–water partition coefficient (Wildman–Crippen LogP) is 2.73. The van der Waals surface area contributed by atoms with Crippen LogP contribution in [0.1, 0.15) is 62.6 Å². The minimum atomic E-state index is -0.300. The number of nitrogens with two attached hydrogens (primary N) is 1. The van der Waals surface area contributed by atoms with E-state index < -0.39 is 0 Å². The van der Waals surface area contributed by atoms with E-state index in [2.05, 4.69) is 10.1 Å². The van der Waals surface area contributed by atoms with Crippen molar-refractivity contribution in [3.05, 3.63) is 11.7 Å². The van der Waals surface area contributed by atoms with E-state index in [0.29, 0.717) is 5.92 Å². The van der Waals surface area contributed by atoms with E-state index in [9.17, 15) is 0 Å². The molecule has 3 fully saturated rings. The topological polar surface area (TPSA) is 64.9 Å². The monoisotopic (exact) mass is 269 g/mol. The summed E-state index contributed by atoms with van der Waals surface area (Å²) in [6, 6.07) is 0. The zero-order valence-corrected chi connectivity index (χ0v) is 11.3. The predicted molar refractivity (Wildman–Crippen MR) is 69.5 cm³/mol. The number of aromatic nitrogens is 2. The second kappa shape index (κ2) is 4.20. The molecule has 2 unspecified atom stereocenters. The van der Waals surface area contributed by atoms with Gasteiger partial charge in [0.05, 0.1) is 5.54 Å². The number of nitrogens with zero attached hydrogens (tertiary/aromatic N) is 2. The van der Waals surface area contributed by atoms with Crippen LogP contribution in [0.3, 0.4) is 0 Å². The number of hydrogen-bond acceptors (Lipinski definition) is 4. The highest BCUT2D eigenvalue weighted by molar-refractivity contribution is 5.85. The molecule has 0 amide bonds. The van der Waals surface area contributed by atoms with E-state index >= 15 is 0 Å². The van der Waals surface area contributed by atoms with E-state index in [1.165, 1.54) is 32.1 Å². The Morgan fingerprint density at radius 2 is 1.78 bits per heavy atom. The van der Waals surface area contributed by atoms with Gasteiger partial charge in [0.15, 0.2) is 5.82 Å². The Morgan fingerprint density at radius 3 is 2.44 bits per heavy atom. The molecule has 0 bridgehead atoms. The highest BCUT2D eigenvalue weighted by Gasteiger charge is 2.56. The van der Waals surface area contributed by atoms with Crippen molar-refractivity contribution in [3.8, 4) is 0 Å². The molecule has 5 heteroatoms. The summed E-state index contributed by atoms with van der Waals surface area (Å²) < 4.78 is 5.46. The number of halogens is 1. The lowest BCUT2D eigenvalue weighted by Gasteiger charge is -2.17. The van der Waals surface area contributed by atoms with E-state index in [0.717, 1.165) is 36.4 Å². The molecule has 4 rings (SSSR count). The second-order valence-electron chi connectivity index (χ2n) is 6.10. The molecule has 2 N–H and O–H groups in total. The standard InChI is InChI=1S/C13H19N3O.ClH/c14-13(6-1-2-7-13)12-15-11(17-16-12)10-8-4-3-5-9(8)10;/h8-10H,1-7,14H2;1H. The van der Waals surface area contributed by atoms with Crippen LogP contribution in [-0.2, 0) is 5.54 Å².